The van der Waals surface area contributed by atoms with E-state index in [1.165, 1.54) is 4.68 Å². The van der Waals surface area contributed by atoms with E-state index in [1.807, 2.05) is 13.0 Å². The van der Waals surface area contributed by atoms with Gasteiger partial charge in [-0.2, -0.15) is 5.10 Å². The largest absolute Gasteiger partial charge is 0.312 e. The highest BCUT2D eigenvalue weighted by atomic mass is 32.2. The number of aromatic nitrogens is 2. The summed E-state index contributed by atoms with van der Waals surface area (Å²) in [6, 6.07) is 7.13. The molecule has 1 aliphatic heterocycles. The van der Waals surface area contributed by atoms with E-state index in [4.69, 9.17) is 0 Å². The lowest BCUT2D eigenvalue weighted by Gasteiger charge is -2.20. The molecule has 1 aromatic carbocycles. The van der Waals surface area contributed by atoms with Crippen molar-refractivity contribution in [3.63, 3.8) is 0 Å². The number of hydrogen-bond donors (Lipinski definition) is 2. The van der Waals surface area contributed by atoms with Crippen LogP contribution in [0.1, 0.15) is 16.8 Å². The number of fused-ring (bicyclic) bond motifs is 1. The van der Waals surface area contributed by atoms with Crippen LogP contribution in [0.4, 0.5) is 5.82 Å². The number of nitrogens with one attached hydrogen (secondary N) is 2. The summed E-state index contributed by atoms with van der Waals surface area (Å²) in [5.41, 5.74) is 2.72. The highest BCUT2D eigenvalue weighted by Crippen LogP contribution is 2.25. The van der Waals surface area contributed by atoms with E-state index in [1.54, 1.807) is 25.2 Å². The van der Waals surface area contributed by atoms with E-state index in [0.29, 0.717) is 17.3 Å². The van der Waals surface area contributed by atoms with Crippen molar-refractivity contribution < 1.29 is 8.42 Å². The first-order chi connectivity index (χ1) is 9.97. The molecule has 3 rings (SSSR count). The van der Waals surface area contributed by atoms with E-state index in [0.717, 1.165) is 29.8 Å². The minimum atomic E-state index is -3.60. The average molecular weight is 306 g/mol. The van der Waals surface area contributed by atoms with Crippen LogP contribution in [-0.4, -0.2) is 24.7 Å². The van der Waals surface area contributed by atoms with Gasteiger partial charge in [0.25, 0.3) is 10.0 Å². The topological polar surface area (TPSA) is 76.0 Å². The van der Waals surface area contributed by atoms with Gasteiger partial charge >= 0.3 is 0 Å². The number of sulfonamides is 1. The molecule has 2 N–H and O–H groups in total. The van der Waals surface area contributed by atoms with Crippen LogP contribution in [0.3, 0.4) is 0 Å². The van der Waals surface area contributed by atoms with Crippen LogP contribution in [0.2, 0.25) is 0 Å². The van der Waals surface area contributed by atoms with Gasteiger partial charge in [0.1, 0.15) is 5.82 Å². The molecular weight excluding hydrogens is 288 g/mol. The first-order valence-corrected chi connectivity index (χ1v) is 8.30. The molecule has 0 radical (unpaired) electrons. The molecule has 0 bridgehead atoms. The van der Waals surface area contributed by atoms with Gasteiger partial charge in [-0.3, -0.25) is 9.40 Å². The molecule has 112 valence electrons. The molecule has 0 saturated carbocycles. The fourth-order valence-corrected chi connectivity index (χ4v) is 4.04. The van der Waals surface area contributed by atoms with Gasteiger partial charge in [0.2, 0.25) is 0 Å². The van der Waals surface area contributed by atoms with Gasteiger partial charge in [-0.1, -0.05) is 12.1 Å². The second-order valence-corrected chi connectivity index (χ2v) is 6.87. The zero-order chi connectivity index (χ0) is 15.0. The van der Waals surface area contributed by atoms with Gasteiger partial charge in [-0.05, 0) is 37.1 Å². The van der Waals surface area contributed by atoms with Gasteiger partial charge in [0, 0.05) is 19.7 Å². The molecule has 2 aromatic rings. The number of nitrogens with zero attached hydrogens (tertiary/aromatic N) is 2. The molecule has 1 aliphatic rings. The first kappa shape index (κ1) is 14.1. The van der Waals surface area contributed by atoms with Crippen LogP contribution in [0.5, 0.6) is 0 Å². The van der Waals surface area contributed by atoms with Gasteiger partial charge in [0.05, 0.1) is 10.6 Å². The Balaban J connectivity index is 2.01. The van der Waals surface area contributed by atoms with Gasteiger partial charge in [0.15, 0.2) is 0 Å². The standard InChI is InChI=1S/C14H18N4O2S/c1-10-8-14(18(2)16-10)17-21(19,20)13-5-3-4-11-9-15-7-6-12(11)13/h3-5,8,15,17H,6-7,9H2,1-2H3. The molecule has 2 heterocycles. The summed E-state index contributed by atoms with van der Waals surface area (Å²) in [7, 11) is -1.89. The Morgan fingerprint density at radius 3 is 2.90 bits per heavy atom. The van der Waals surface area contributed by atoms with Crippen LogP contribution in [0.15, 0.2) is 29.2 Å². The lowest BCUT2D eigenvalue weighted by Crippen LogP contribution is -2.26. The molecule has 7 heteroatoms. The molecule has 0 amide bonds. The van der Waals surface area contributed by atoms with Crippen LogP contribution in [0.25, 0.3) is 0 Å². The normalized spacial score (nSPS) is 14.8. The van der Waals surface area contributed by atoms with Crippen LogP contribution in [-0.2, 0) is 30.0 Å². The third-order valence-corrected chi connectivity index (χ3v) is 5.07. The quantitative estimate of drug-likeness (QED) is 0.892. The summed E-state index contributed by atoms with van der Waals surface area (Å²) in [5.74, 6) is 0.471. The SMILES string of the molecule is Cc1cc(NS(=O)(=O)c2cccc3c2CCNC3)n(C)n1. The predicted molar refractivity (Wildman–Crippen MR) is 80.6 cm³/mol. The Labute approximate surface area is 124 Å². The Hall–Kier alpha value is -1.86. The number of rotatable bonds is 3. The van der Waals surface area contributed by atoms with Crippen molar-refractivity contribution in [1.82, 2.24) is 15.1 Å². The molecule has 6 nitrogen and oxygen atoms in total. The fraction of sp³-hybridized carbons (Fsp3) is 0.357. The van der Waals surface area contributed by atoms with Crippen LogP contribution < -0.4 is 10.0 Å². The Morgan fingerprint density at radius 2 is 2.19 bits per heavy atom. The van der Waals surface area contributed by atoms with E-state index in [2.05, 4.69) is 15.1 Å². The smallest absolute Gasteiger partial charge is 0.263 e. The van der Waals surface area contributed by atoms with Crippen molar-refractivity contribution in [3.8, 4) is 0 Å². The Morgan fingerprint density at radius 1 is 1.38 bits per heavy atom. The van der Waals surface area contributed by atoms with E-state index in [9.17, 15) is 8.42 Å². The molecule has 0 saturated heterocycles. The van der Waals surface area contributed by atoms with Crippen molar-refractivity contribution in [3.05, 3.63) is 41.1 Å². The summed E-state index contributed by atoms with van der Waals surface area (Å²) in [5, 5.41) is 7.41. The molecule has 0 fully saturated rings. The summed E-state index contributed by atoms with van der Waals surface area (Å²) in [6.07, 6.45) is 0.719. The molecular formula is C14H18N4O2S. The van der Waals surface area contributed by atoms with Gasteiger partial charge in [-0.25, -0.2) is 8.42 Å². The zero-order valence-corrected chi connectivity index (χ0v) is 12.9. The first-order valence-electron chi connectivity index (χ1n) is 6.82. The Kier molecular flexibility index (Phi) is 3.46. The highest BCUT2D eigenvalue weighted by Gasteiger charge is 2.23. The number of aryl methyl sites for hydroxylation is 2. The molecule has 0 aliphatic carbocycles. The fourth-order valence-electron chi connectivity index (χ4n) is 2.65. The minimum Gasteiger partial charge on any atom is -0.312 e. The summed E-state index contributed by atoms with van der Waals surface area (Å²) in [6.45, 7) is 3.34. The molecule has 0 spiro atoms. The van der Waals surface area contributed by atoms with Crippen molar-refractivity contribution in [1.29, 1.82) is 0 Å². The zero-order valence-electron chi connectivity index (χ0n) is 12.0. The van der Waals surface area contributed by atoms with Crippen molar-refractivity contribution in [2.24, 2.45) is 7.05 Å². The summed E-state index contributed by atoms with van der Waals surface area (Å²) >= 11 is 0. The van der Waals surface area contributed by atoms with Crippen LogP contribution >= 0.6 is 0 Å². The second kappa shape index (κ2) is 5.16. The summed E-state index contributed by atoms with van der Waals surface area (Å²) < 4.78 is 29.5. The van der Waals surface area contributed by atoms with Crippen molar-refractivity contribution in [2.45, 2.75) is 24.8 Å². The predicted octanol–water partition coefficient (Wildman–Crippen LogP) is 1.18. The third kappa shape index (κ3) is 2.66. The number of anilines is 1. The van der Waals surface area contributed by atoms with Crippen molar-refractivity contribution in [2.75, 3.05) is 11.3 Å². The van der Waals surface area contributed by atoms with Gasteiger partial charge < -0.3 is 5.32 Å². The summed E-state index contributed by atoms with van der Waals surface area (Å²) in [4.78, 5) is 0.361. The maximum absolute atomic E-state index is 12.7. The molecule has 1 aromatic heterocycles. The maximum Gasteiger partial charge on any atom is 0.263 e. The van der Waals surface area contributed by atoms with Crippen LogP contribution in [0, 0.1) is 6.92 Å². The molecule has 0 atom stereocenters. The van der Waals surface area contributed by atoms with E-state index in [-0.39, 0.29) is 0 Å². The Bertz CT molecular complexity index is 780. The lowest BCUT2D eigenvalue weighted by atomic mass is 10.0. The molecule has 0 unspecified atom stereocenters. The number of benzene rings is 1. The average Bonchev–Trinajstić information content (AvgIpc) is 2.75. The minimum absolute atomic E-state index is 0.361. The van der Waals surface area contributed by atoms with E-state index >= 15 is 0 Å². The second-order valence-electron chi connectivity index (χ2n) is 5.22. The van der Waals surface area contributed by atoms with Crippen molar-refractivity contribution >= 4 is 15.8 Å². The number of hydrogen-bond acceptors (Lipinski definition) is 4. The molecule has 21 heavy (non-hydrogen) atoms. The maximum atomic E-state index is 12.7. The lowest BCUT2D eigenvalue weighted by molar-refractivity contribution is 0.593. The third-order valence-electron chi connectivity index (χ3n) is 3.63. The van der Waals surface area contributed by atoms with Gasteiger partial charge in [-0.15, -0.1) is 0 Å². The highest BCUT2D eigenvalue weighted by molar-refractivity contribution is 7.92. The van der Waals surface area contributed by atoms with E-state index < -0.39 is 10.0 Å². The monoisotopic (exact) mass is 306 g/mol.